The van der Waals surface area contributed by atoms with E-state index < -0.39 is 11.8 Å². The predicted molar refractivity (Wildman–Crippen MR) is 103 cm³/mol. The lowest BCUT2D eigenvalue weighted by Gasteiger charge is -2.46. The van der Waals surface area contributed by atoms with E-state index in [1.807, 2.05) is 12.3 Å². The van der Waals surface area contributed by atoms with Crippen molar-refractivity contribution < 1.29 is 13.5 Å². The minimum Gasteiger partial charge on any atom is -0.375 e. The van der Waals surface area contributed by atoms with E-state index in [2.05, 4.69) is 22.4 Å². The number of aromatic nitrogens is 2. The van der Waals surface area contributed by atoms with Crippen LogP contribution in [0.25, 0.3) is 0 Å². The summed E-state index contributed by atoms with van der Waals surface area (Å²) in [6.07, 6.45) is 10.9. The quantitative estimate of drug-likeness (QED) is 0.593. The van der Waals surface area contributed by atoms with Crippen LogP contribution in [0.4, 0.5) is 8.78 Å². The van der Waals surface area contributed by atoms with Crippen LogP contribution in [0.15, 0.2) is 36.7 Å². The minimum atomic E-state index is -1.05. The Morgan fingerprint density at radius 3 is 2.71 bits per heavy atom. The molecule has 1 saturated carbocycles. The molecule has 1 atom stereocenters. The summed E-state index contributed by atoms with van der Waals surface area (Å²) in [5, 5.41) is 3.37. The first-order valence-electron chi connectivity index (χ1n) is 10.2. The number of rotatable bonds is 6. The molecule has 150 valence electrons. The molecule has 2 aromatic heterocycles. The third kappa shape index (κ3) is 4.08. The van der Waals surface area contributed by atoms with E-state index in [-0.39, 0.29) is 11.0 Å². The Bertz CT molecular complexity index is 796. The Hall–Kier alpha value is -1.92. The van der Waals surface area contributed by atoms with Crippen LogP contribution in [0.3, 0.4) is 0 Å². The molecule has 4 nitrogen and oxygen atoms in total. The van der Waals surface area contributed by atoms with Crippen LogP contribution in [0.1, 0.15) is 56.2 Å². The molecule has 0 bridgehead atoms. The number of ether oxygens (including phenoxy) is 1. The number of halogens is 2. The zero-order valence-electron chi connectivity index (χ0n) is 16.1. The second-order valence-corrected chi connectivity index (χ2v) is 8.20. The summed E-state index contributed by atoms with van der Waals surface area (Å²) in [6, 6.07) is 7.34. The Morgan fingerprint density at radius 1 is 1.11 bits per heavy atom. The van der Waals surface area contributed by atoms with Gasteiger partial charge in [0.1, 0.15) is 0 Å². The maximum atomic E-state index is 13.3. The van der Waals surface area contributed by atoms with Gasteiger partial charge in [0.15, 0.2) is 5.82 Å². The summed E-state index contributed by atoms with van der Waals surface area (Å²) >= 11 is 0. The van der Waals surface area contributed by atoms with Gasteiger partial charge in [-0.1, -0.05) is 18.9 Å². The number of pyridine rings is 2. The van der Waals surface area contributed by atoms with Crippen LogP contribution in [-0.2, 0) is 16.7 Å². The molecule has 2 aromatic rings. The molecule has 6 heteroatoms. The molecule has 1 spiro atoms. The third-order valence-corrected chi connectivity index (χ3v) is 6.33. The summed E-state index contributed by atoms with van der Waals surface area (Å²) in [5.74, 6) is -1.96. The average molecular weight is 387 g/mol. The highest BCUT2D eigenvalue weighted by molar-refractivity contribution is 5.21. The normalized spacial score (nSPS) is 23.9. The molecule has 1 aliphatic heterocycles. The Labute approximate surface area is 164 Å². The van der Waals surface area contributed by atoms with Gasteiger partial charge in [-0.15, -0.1) is 0 Å². The Balaban J connectivity index is 1.45. The smallest absolute Gasteiger partial charge is 0.248 e. The van der Waals surface area contributed by atoms with Crippen LogP contribution in [0, 0.1) is 11.8 Å². The first kappa shape index (κ1) is 19.4. The fourth-order valence-electron chi connectivity index (χ4n) is 4.91. The third-order valence-electron chi connectivity index (χ3n) is 6.33. The first-order chi connectivity index (χ1) is 13.6. The van der Waals surface area contributed by atoms with Crippen molar-refractivity contribution in [3.8, 4) is 0 Å². The maximum absolute atomic E-state index is 13.3. The molecule has 0 aromatic carbocycles. The van der Waals surface area contributed by atoms with Crippen molar-refractivity contribution in [2.24, 2.45) is 0 Å². The lowest BCUT2D eigenvalue weighted by molar-refractivity contribution is -0.104. The summed E-state index contributed by atoms with van der Waals surface area (Å²) < 4.78 is 32.6. The van der Waals surface area contributed by atoms with Crippen LogP contribution >= 0.6 is 0 Å². The highest BCUT2D eigenvalue weighted by atomic mass is 19.2. The van der Waals surface area contributed by atoms with Gasteiger partial charge >= 0.3 is 0 Å². The van der Waals surface area contributed by atoms with E-state index in [9.17, 15) is 8.78 Å². The van der Waals surface area contributed by atoms with E-state index in [1.54, 1.807) is 0 Å². The maximum Gasteiger partial charge on any atom is 0.248 e. The fraction of sp³-hybridized carbons (Fsp3) is 0.545. The van der Waals surface area contributed by atoms with Crippen LogP contribution in [0.2, 0.25) is 0 Å². The highest BCUT2D eigenvalue weighted by Crippen LogP contribution is 2.49. The van der Waals surface area contributed by atoms with E-state index >= 15 is 0 Å². The van der Waals surface area contributed by atoms with Gasteiger partial charge in [0.2, 0.25) is 5.95 Å². The topological polar surface area (TPSA) is 47.0 Å². The number of hydrogen-bond donors (Lipinski definition) is 1. The summed E-state index contributed by atoms with van der Waals surface area (Å²) in [6.45, 7) is 2.00. The minimum absolute atomic E-state index is 0.000221. The number of nitrogens with zero attached hydrogens (tertiary/aromatic N) is 2. The average Bonchev–Trinajstić information content (AvgIpc) is 3.16. The molecular formula is C22H27F2N3O. The summed E-state index contributed by atoms with van der Waals surface area (Å²) in [5.41, 5.74) is 1.77. The molecule has 1 saturated heterocycles. The molecule has 2 fully saturated rings. The van der Waals surface area contributed by atoms with Crippen molar-refractivity contribution in [3.63, 3.8) is 0 Å². The van der Waals surface area contributed by atoms with E-state index in [4.69, 9.17) is 9.72 Å². The molecule has 1 N–H and O–H groups in total. The van der Waals surface area contributed by atoms with Crippen molar-refractivity contribution in [1.82, 2.24) is 15.3 Å². The summed E-state index contributed by atoms with van der Waals surface area (Å²) in [7, 11) is 0. The molecule has 28 heavy (non-hydrogen) atoms. The molecule has 4 rings (SSSR count). The van der Waals surface area contributed by atoms with Crippen LogP contribution in [0.5, 0.6) is 0 Å². The molecular weight excluding hydrogens is 360 g/mol. The van der Waals surface area contributed by atoms with Gasteiger partial charge in [-0.05, 0) is 62.4 Å². The predicted octanol–water partition coefficient (Wildman–Crippen LogP) is 4.30. The van der Waals surface area contributed by atoms with E-state index in [0.717, 1.165) is 50.9 Å². The van der Waals surface area contributed by atoms with Gasteiger partial charge in [0.25, 0.3) is 0 Å². The van der Waals surface area contributed by atoms with Crippen LogP contribution in [-0.4, -0.2) is 28.7 Å². The van der Waals surface area contributed by atoms with Crippen molar-refractivity contribution in [2.75, 3.05) is 13.2 Å². The Morgan fingerprint density at radius 2 is 1.96 bits per heavy atom. The first-order valence-corrected chi connectivity index (χ1v) is 10.2. The molecule has 3 heterocycles. The zero-order chi connectivity index (χ0) is 19.5. The monoisotopic (exact) mass is 387 g/mol. The molecule has 0 amide bonds. The molecule has 2 aliphatic rings. The van der Waals surface area contributed by atoms with Gasteiger partial charge in [0, 0.05) is 36.7 Å². The van der Waals surface area contributed by atoms with Crippen molar-refractivity contribution >= 4 is 0 Å². The second-order valence-electron chi connectivity index (χ2n) is 8.20. The molecule has 0 radical (unpaired) electrons. The van der Waals surface area contributed by atoms with Crippen molar-refractivity contribution in [2.45, 2.75) is 62.5 Å². The van der Waals surface area contributed by atoms with Gasteiger partial charge in [-0.2, -0.15) is 4.39 Å². The van der Waals surface area contributed by atoms with Gasteiger partial charge < -0.3 is 10.1 Å². The van der Waals surface area contributed by atoms with E-state index in [1.165, 1.54) is 25.1 Å². The SMILES string of the molecule is Fc1cc(CNCCC2(c3ccccn3)CCOC3(CCCC3)C2)cnc1F. The Kier molecular flexibility index (Phi) is 5.69. The highest BCUT2D eigenvalue weighted by Gasteiger charge is 2.48. The van der Waals surface area contributed by atoms with Gasteiger partial charge in [-0.3, -0.25) is 4.98 Å². The number of nitrogens with one attached hydrogen (secondary N) is 1. The molecule has 1 unspecified atom stereocenters. The van der Waals surface area contributed by atoms with E-state index in [0.29, 0.717) is 12.1 Å². The standard InChI is InChI=1S/C22H27F2N3O/c23-18-13-17(15-27-20(18)24)14-25-11-8-21(19-5-1-4-10-26-19)9-12-28-22(16-21)6-2-3-7-22/h1,4-5,10,13,15,25H,2-3,6-9,11-12,14,16H2. The largest absolute Gasteiger partial charge is 0.375 e. The van der Waals surface area contributed by atoms with Crippen LogP contribution < -0.4 is 5.32 Å². The van der Waals surface area contributed by atoms with Crippen molar-refractivity contribution in [3.05, 3.63) is 59.7 Å². The molecule has 1 aliphatic carbocycles. The summed E-state index contributed by atoms with van der Waals surface area (Å²) in [4.78, 5) is 8.15. The number of hydrogen-bond acceptors (Lipinski definition) is 4. The fourth-order valence-corrected chi connectivity index (χ4v) is 4.91. The van der Waals surface area contributed by atoms with Gasteiger partial charge in [0.05, 0.1) is 5.60 Å². The lowest BCUT2D eigenvalue weighted by Crippen LogP contribution is -2.47. The second kappa shape index (κ2) is 8.21. The lowest BCUT2D eigenvalue weighted by atomic mass is 9.68. The van der Waals surface area contributed by atoms with Crippen molar-refractivity contribution in [1.29, 1.82) is 0 Å². The van der Waals surface area contributed by atoms with Gasteiger partial charge in [-0.25, -0.2) is 9.37 Å². The zero-order valence-corrected chi connectivity index (χ0v) is 16.1.